The van der Waals surface area contributed by atoms with Gasteiger partial charge in [0.1, 0.15) is 5.83 Å². The Morgan fingerprint density at radius 3 is 2.25 bits per heavy atom. The van der Waals surface area contributed by atoms with Gasteiger partial charge in [0.05, 0.1) is 0 Å². The molecular weight excluding hydrogens is 423 g/mol. The van der Waals surface area contributed by atoms with Crippen LogP contribution in [0.5, 0.6) is 0 Å². The molecule has 4 nitrogen and oxygen atoms in total. The highest BCUT2D eigenvalue weighted by Crippen LogP contribution is 2.40. The van der Waals surface area contributed by atoms with E-state index >= 15 is 0 Å². The monoisotopic (exact) mass is 456 g/mol. The highest BCUT2D eigenvalue weighted by Gasteiger charge is 2.28. The summed E-state index contributed by atoms with van der Waals surface area (Å²) < 4.78 is 13.5. The molecule has 0 unspecified atom stereocenters. The number of allylic oxidation sites excluding steroid dienone is 4. The Balaban J connectivity index is 0.00000249. The van der Waals surface area contributed by atoms with Crippen molar-refractivity contribution in [3.05, 3.63) is 83.5 Å². The van der Waals surface area contributed by atoms with E-state index in [9.17, 15) is 14.0 Å². The van der Waals surface area contributed by atoms with Gasteiger partial charge in [-0.15, -0.1) is 11.3 Å². The molecule has 2 aromatic rings. The second kappa shape index (κ2) is 12.8. The van der Waals surface area contributed by atoms with Crippen molar-refractivity contribution in [1.82, 2.24) is 4.90 Å². The third kappa shape index (κ3) is 6.76. The number of nitrogens with two attached hydrogens (primary N) is 1. The molecule has 0 bridgehead atoms. The van der Waals surface area contributed by atoms with Gasteiger partial charge in [-0.2, -0.15) is 0 Å². The summed E-state index contributed by atoms with van der Waals surface area (Å²) in [4.78, 5) is 27.7. The fraction of sp³-hybridized carbons (Fsp3) is 0.308. The van der Waals surface area contributed by atoms with Crippen LogP contribution in [-0.4, -0.2) is 30.3 Å². The molecule has 2 rings (SSSR count). The van der Waals surface area contributed by atoms with Gasteiger partial charge in [-0.25, -0.2) is 4.39 Å². The molecule has 0 fully saturated rings. The molecule has 1 heterocycles. The number of primary amides is 1. The van der Waals surface area contributed by atoms with E-state index in [1.165, 1.54) is 23.5 Å². The zero-order valence-corrected chi connectivity index (χ0v) is 20.3. The van der Waals surface area contributed by atoms with Crippen LogP contribution in [0.4, 0.5) is 4.39 Å². The summed E-state index contributed by atoms with van der Waals surface area (Å²) in [7, 11) is 1.76. The number of nitrogens with zero attached hydrogens (tertiary/aromatic N) is 1. The summed E-state index contributed by atoms with van der Waals surface area (Å²) >= 11 is 1.49. The predicted molar refractivity (Wildman–Crippen MR) is 133 cm³/mol. The van der Waals surface area contributed by atoms with E-state index in [0.717, 1.165) is 15.3 Å². The van der Waals surface area contributed by atoms with Crippen molar-refractivity contribution in [2.75, 3.05) is 13.6 Å². The van der Waals surface area contributed by atoms with Crippen LogP contribution in [0.15, 0.2) is 73.1 Å². The first-order chi connectivity index (χ1) is 15.2. The third-order valence-corrected chi connectivity index (χ3v) is 6.26. The van der Waals surface area contributed by atoms with Gasteiger partial charge in [-0.1, -0.05) is 52.1 Å². The number of hydrogen-bond donors (Lipinski definition) is 1. The van der Waals surface area contributed by atoms with Crippen LogP contribution in [0, 0.1) is 5.92 Å². The standard InChI is InChI=1S/C24H27FN2O2S.C2H6/c1-6-17(14-15(3)25)22(16(4)23(26)28)21-13-12-20(30-21)18-8-10-19(11-9-18)24(29)27(5)7-2;1-2/h6,8-14,16,22H,1,3,7H2,2,4-5H3,(H2,26,28);1-2H3/b17-14+;/t16-,22-;/m1./s1. The van der Waals surface area contributed by atoms with Gasteiger partial charge in [-0.05, 0) is 48.4 Å². The molecule has 6 heteroatoms. The maximum atomic E-state index is 13.5. The Bertz CT molecular complexity index is 976. The van der Waals surface area contributed by atoms with E-state index in [2.05, 4.69) is 13.2 Å². The van der Waals surface area contributed by atoms with E-state index in [1.54, 1.807) is 31.0 Å². The zero-order valence-electron chi connectivity index (χ0n) is 19.5. The summed E-state index contributed by atoms with van der Waals surface area (Å²) in [6.45, 7) is 15.3. The predicted octanol–water partition coefficient (Wildman–Crippen LogP) is 6.33. The van der Waals surface area contributed by atoms with Crippen molar-refractivity contribution >= 4 is 23.2 Å². The lowest BCUT2D eigenvalue weighted by molar-refractivity contribution is -0.121. The molecule has 2 atom stereocenters. The number of carbonyl (C=O) groups excluding carboxylic acids is 2. The fourth-order valence-electron chi connectivity index (χ4n) is 3.14. The Morgan fingerprint density at radius 1 is 1.19 bits per heavy atom. The number of rotatable bonds is 9. The van der Waals surface area contributed by atoms with Crippen molar-refractivity contribution in [2.45, 2.75) is 33.6 Å². The average molecular weight is 457 g/mol. The van der Waals surface area contributed by atoms with Crippen LogP contribution in [0.3, 0.4) is 0 Å². The van der Waals surface area contributed by atoms with Crippen LogP contribution >= 0.6 is 11.3 Å². The molecule has 0 aliphatic carbocycles. The molecule has 0 aliphatic rings. The van der Waals surface area contributed by atoms with Crippen molar-refractivity contribution in [3.8, 4) is 10.4 Å². The van der Waals surface area contributed by atoms with Crippen LogP contribution in [-0.2, 0) is 4.79 Å². The number of thiophene rings is 1. The third-order valence-electron chi connectivity index (χ3n) is 5.04. The van der Waals surface area contributed by atoms with E-state index in [1.807, 2.05) is 45.0 Å². The fourth-order valence-corrected chi connectivity index (χ4v) is 4.38. The van der Waals surface area contributed by atoms with Gasteiger partial charge in [0, 0.05) is 40.7 Å². The largest absolute Gasteiger partial charge is 0.369 e. The molecule has 0 spiro atoms. The van der Waals surface area contributed by atoms with Gasteiger partial charge < -0.3 is 10.6 Å². The Hall–Kier alpha value is -2.99. The molecule has 0 saturated heterocycles. The molecule has 0 aliphatic heterocycles. The van der Waals surface area contributed by atoms with Crippen LogP contribution in [0.2, 0.25) is 0 Å². The molecule has 0 radical (unpaired) electrons. The van der Waals surface area contributed by atoms with Crippen LogP contribution in [0.1, 0.15) is 48.8 Å². The minimum absolute atomic E-state index is 0.0292. The highest BCUT2D eigenvalue weighted by molar-refractivity contribution is 7.15. The molecule has 2 amide bonds. The first-order valence-corrected chi connectivity index (χ1v) is 11.4. The number of hydrogen-bond acceptors (Lipinski definition) is 3. The summed E-state index contributed by atoms with van der Waals surface area (Å²) in [5.74, 6) is -2.09. The maximum absolute atomic E-state index is 13.5. The molecule has 32 heavy (non-hydrogen) atoms. The summed E-state index contributed by atoms with van der Waals surface area (Å²) in [5.41, 5.74) is 7.67. The molecule has 0 saturated carbocycles. The minimum Gasteiger partial charge on any atom is -0.369 e. The Labute approximate surface area is 194 Å². The first-order valence-electron chi connectivity index (χ1n) is 10.6. The minimum atomic E-state index is -0.611. The van der Waals surface area contributed by atoms with E-state index < -0.39 is 23.6 Å². The number of benzene rings is 1. The van der Waals surface area contributed by atoms with E-state index in [4.69, 9.17) is 5.73 Å². The average Bonchev–Trinajstić information content (AvgIpc) is 3.28. The van der Waals surface area contributed by atoms with Gasteiger partial charge >= 0.3 is 0 Å². The lowest BCUT2D eigenvalue weighted by Gasteiger charge is -2.22. The number of halogens is 1. The summed E-state index contributed by atoms with van der Waals surface area (Å²) in [6, 6.07) is 11.2. The Kier molecular flexibility index (Phi) is 10.8. The molecule has 1 aromatic carbocycles. The molecule has 2 N–H and O–H groups in total. The number of carbonyl (C=O) groups is 2. The van der Waals surface area contributed by atoms with Crippen molar-refractivity contribution in [3.63, 3.8) is 0 Å². The van der Waals surface area contributed by atoms with E-state index in [0.29, 0.717) is 17.7 Å². The smallest absolute Gasteiger partial charge is 0.253 e. The van der Waals surface area contributed by atoms with Crippen molar-refractivity contribution < 1.29 is 14.0 Å². The second-order valence-corrected chi connectivity index (χ2v) is 8.18. The lowest BCUT2D eigenvalue weighted by atomic mass is 9.84. The highest BCUT2D eigenvalue weighted by atomic mass is 32.1. The quantitative estimate of drug-likeness (QED) is 0.448. The lowest BCUT2D eigenvalue weighted by Crippen LogP contribution is -2.26. The molecular formula is C26H33FN2O2S. The normalized spacial score (nSPS) is 12.8. The van der Waals surface area contributed by atoms with Crippen molar-refractivity contribution in [2.24, 2.45) is 11.7 Å². The molecule has 1 aromatic heterocycles. The number of amides is 2. The summed E-state index contributed by atoms with van der Waals surface area (Å²) in [6.07, 6.45) is 2.81. The summed E-state index contributed by atoms with van der Waals surface area (Å²) in [5, 5.41) is 0. The maximum Gasteiger partial charge on any atom is 0.253 e. The SMILES string of the molecule is C=C/C(=C\C(=C)F)[C@H](c1ccc(-c2ccc(C(=O)N(C)CC)cc2)s1)[C@@H](C)C(N)=O.CC. The van der Waals surface area contributed by atoms with Crippen molar-refractivity contribution in [1.29, 1.82) is 0 Å². The van der Waals surface area contributed by atoms with Crippen LogP contribution in [0.25, 0.3) is 10.4 Å². The van der Waals surface area contributed by atoms with Gasteiger partial charge in [0.15, 0.2) is 0 Å². The Morgan fingerprint density at radius 2 is 1.78 bits per heavy atom. The molecule has 172 valence electrons. The second-order valence-electron chi connectivity index (χ2n) is 7.06. The van der Waals surface area contributed by atoms with Gasteiger partial charge in [0.2, 0.25) is 5.91 Å². The zero-order chi connectivity index (χ0) is 24.4. The first kappa shape index (κ1) is 27.0. The van der Waals surface area contributed by atoms with Gasteiger partial charge in [0.25, 0.3) is 5.91 Å². The van der Waals surface area contributed by atoms with Gasteiger partial charge in [-0.3, -0.25) is 9.59 Å². The van der Waals surface area contributed by atoms with Crippen LogP contribution < -0.4 is 5.73 Å². The topological polar surface area (TPSA) is 63.4 Å². The van der Waals surface area contributed by atoms with E-state index in [-0.39, 0.29) is 5.91 Å².